The number of anilines is 1. The minimum absolute atomic E-state index is 0.0230. The van der Waals surface area contributed by atoms with Crippen LogP contribution in [-0.4, -0.2) is 68.7 Å². The minimum atomic E-state index is 0.0230. The van der Waals surface area contributed by atoms with Gasteiger partial charge in [0.15, 0.2) is 0 Å². The third-order valence-electron chi connectivity index (χ3n) is 6.44. The molecule has 1 aliphatic carbocycles. The molecular formula is C19H27N7O. The Morgan fingerprint density at radius 1 is 1.19 bits per heavy atom. The molecule has 2 aromatic rings. The topological polar surface area (TPSA) is 78.7 Å². The molecule has 0 radical (unpaired) electrons. The van der Waals surface area contributed by atoms with Gasteiger partial charge in [0.25, 0.3) is 5.78 Å². The Morgan fingerprint density at radius 3 is 2.81 bits per heavy atom. The standard InChI is InChI=1S/C19H27N7O/c1-13-10-17(26-19(22-13)20-12-21-26)24-6-8-25(9-7-24)18(27)16-11-14-4-2-3-5-15(14)23-16/h10,12,14-16,23H,2-9,11H2,1H3. The van der Waals surface area contributed by atoms with Gasteiger partial charge in [-0.1, -0.05) is 12.8 Å². The molecule has 2 aromatic heterocycles. The van der Waals surface area contributed by atoms with Gasteiger partial charge in [-0.15, -0.1) is 0 Å². The second kappa shape index (κ2) is 6.74. The molecule has 2 aliphatic heterocycles. The van der Waals surface area contributed by atoms with Gasteiger partial charge in [0.05, 0.1) is 6.04 Å². The highest BCUT2D eigenvalue weighted by Gasteiger charge is 2.40. The fourth-order valence-corrected chi connectivity index (χ4v) is 5.02. The van der Waals surface area contributed by atoms with Gasteiger partial charge in [-0.05, 0) is 32.1 Å². The average molecular weight is 369 g/mol. The lowest BCUT2D eigenvalue weighted by Gasteiger charge is -2.37. The number of aryl methyl sites for hydroxylation is 1. The van der Waals surface area contributed by atoms with E-state index in [0.29, 0.717) is 23.6 Å². The summed E-state index contributed by atoms with van der Waals surface area (Å²) in [5, 5.41) is 7.93. The number of hydrogen-bond donors (Lipinski definition) is 1. The lowest BCUT2D eigenvalue weighted by molar-refractivity contribution is -0.133. The molecule has 27 heavy (non-hydrogen) atoms. The Bertz CT molecular complexity index is 828. The maximum atomic E-state index is 13.0. The summed E-state index contributed by atoms with van der Waals surface area (Å²) in [7, 11) is 0. The summed E-state index contributed by atoms with van der Waals surface area (Å²) < 4.78 is 1.79. The zero-order valence-corrected chi connectivity index (χ0v) is 15.8. The van der Waals surface area contributed by atoms with E-state index in [2.05, 4.69) is 25.3 Å². The third kappa shape index (κ3) is 3.05. The number of nitrogens with one attached hydrogen (secondary N) is 1. The maximum Gasteiger partial charge on any atom is 0.254 e. The summed E-state index contributed by atoms with van der Waals surface area (Å²) in [6.45, 7) is 5.10. The molecule has 3 aliphatic rings. The van der Waals surface area contributed by atoms with Crippen molar-refractivity contribution >= 4 is 17.5 Å². The van der Waals surface area contributed by atoms with Crippen molar-refractivity contribution in [1.29, 1.82) is 0 Å². The number of carbonyl (C=O) groups excluding carboxylic acids is 1. The quantitative estimate of drug-likeness (QED) is 0.851. The van der Waals surface area contributed by atoms with Crippen molar-refractivity contribution in [3.63, 3.8) is 0 Å². The molecule has 8 heteroatoms. The largest absolute Gasteiger partial charge is 0.353 e. The molecule has 3 unspecified atom stereocenters. The summed E-state index contributed by atoms with van der Waals surface area (Å²) in [6.07, 6.45) is 7.70. The van der Waals surface area contributed by atoms with Crippen molar-refractivity contribution < 1.29 is 4.79 Å². The Hall–Kier alpha value is -2.22. The molecule has 1 N–H and O–H groups in total. The van der Waals surface area contributed by atoms with Crippen LogP contribution in [-0.2, 0) is 4.79 Å². The molecular weight excluding hydrogens is 342 g/mol. The van der Waals surface area contributed by atoms with Gasteiger partial charge < -0.3 is 15.1 Å². The summed E-state index contributed by atoms with van der Waals surface area (Å²) in [4.78, 5) is 26.0. The number of nitrogens with zero attached hydrogens (tertiary/aromatic N) is 6. The van der Waals surface area contributed by atoms with Crippen LogP contribution >= 0.6 is 0 Å². The van der Waals surface area contributed by atoms with Crippen molar-refractivity contribution in [3.05, 3.63) is 18.1 Å². The van der Waals surface area contributed by atoms with Crippen LogP contribution in [0.2, 0.25) is 0 Å². The van der Waals surface area contributed by atoms with Gasteiger partial charge in [-0.3, -0.25) is 4.79 Å². The van der Waals surface area contributed by atoms with E-state index in [9.17, 15) is 4.79 Å². The number of hydrogen-bond acceptors (Lipinski definition) is 6. The van der Waals surface area contributed by atoms with Crippen molar-refractivity contribution in [2.45, 2.75) is 51.1 Å². The minimum Gasteiger partial charge on any atom is -0.353 e. The number of aromatic nitrogens is 4. The number of carbonyl (C=O) groups is 1. The van der Waals surface area contributed by atoms with E-state index in [4.69, 9.17) is 0 Å². The summed E-state index contributed by atoms with van der Waals surface area (Å²) >= 11 is 0. The molecule has 5 rings (SSSR count). The lowest BCUT2D eigenvalue weighted by Crippen LogP contribution is -2.54. The maximum absolute atomic E-state index is 13.0. The highest BCUT2D eigenvalue weighted by atomic mass is 16.2. The van der Waals surface area contributed by atoms with Gasteiger partial charge in [0.2, 0.25) is 5.91 Å². The normalized spacial score (nSPS) is 28.6. The molecule has 8 nitrogen and oxygen atoms in total. The SMILES string of the molecule is Cc1cc(N2CCN(C(=O)C3CC4CCCCC4N3)CC2)n2ncnc2n1. The smallest absolute Gasteiger partial charge is 0.254 e. The Morgan fingerprint density at radius 2 is 2.00 bits per heavy atom. The Kier molecular flexibility index (Phi) is 4.22. The van der Waals surface area contributed by atoms with E-state index in [0.717, 1.165) is 44.1 Å². The predicted octanol–water partition coefficient (Wildman–Crippen LogP) is 1.00. The van der Waals surface area contributed by atoms with Crippen LogP contribution in [0.1, 0.15) is 37.8 Å². The van der Waals surface area contributed by atoms with Crippen LogP contribution in [0, 0.1) is 12.8 Å². The monoisotopic (exact) mass is 369 g/mol. The first-order valence-electron chi connectivity index (χ1n) is 10.2. The van der Waals surface area contributed by atoms with Gasteiger partial charge in [0.1, 0.15) is 12.1 Å². The van der Waals surface area contributed by atoms with Crippen LogP contribution in [0.25, 0.3) is 5.78 Å². The molecule has 0 bridgehead atoms. The zero-order chi connectivity index (χ0) is 18.4. The first-order chi connectivity index (χ1) is 13.2. The molecule has 1 saturated carbocycles. The summed E-state index contributed by atoms with van der Waals surface area (Å²) in [5.41, 5.74) is 0.932. The fourth-order valence-electron chi connectivity index (χ4n) is 5.02. The average Bonchev–Trinajstić information content (AvgIpc) is 3.33. The first-order valence-corrected chi connectivity index (χ1v) is 10.2. The zero-order valence-electron chi connectivity index (χ0n) is 15.8. The molecule has 4 heterocycles. The second-order valence-electron chi connectivity index (χ2n) is 8.15. The molecule has 144 valence electrons. The fraction of sp³-hybridized carbons (Fsp3) is 0.684. The lowest BCUT2D eigenvalue weighted by atomic mass is 9.85. The molecule has 3 fully saturated rings. The summed E-state index contributed by atoms with van der Waals surface area (Å²) in [5.74, 6) is 2.63. The number of amides is 1. The van der Waals surface area contributed by atoms with E-state index in [1.165, 1.54) is 32.0 Å². The van der Waals surface area contributed by atoms with Gasteiger partial charge in [0, 0.05) is 44.0 Å². The molecule has 1 amide bonds. The predicted molar refractivity (Wildman–Crippen MR) is 102 cm³/mol. The number of rotatable bonds is 2. The van der Waals surface area contributed by atoms with Crippen molar-refractivity contribution in [2.75, 3.05) is 31.1 Å². The van der Waals surface area contributed by atoms with Crippen LogP contribution in [0.5, 0.6) is 0 Å². The Balaban J connectivity index is 1.25. The highest BCUT2D eigenvalue weighted by Crippen LogP contribution is 2.33. The number of fused-ring (bicyclic) bond motifs is 2. The second-order valence-corrected chi connectivity index (χ2v) is 8.15. The third-order valence-corrected chi connectivity index (χ3v) is 6.44. The van der Waals surface area contributed by atoms with Crippen LogP contribution in [0.3, 0.4) is 0 Å². The van der Waals surface area contributed by atoms with Crippen LogP contribution in [0.4, 0.5) is 5.82 Å². The van der Waals surface area contributed by atoms with Crippen molar-refractivity contribution in [3.8, 4) is 0 Å². The summed E-state index contributed by atoms with van der Waals surface area (Å²) in [6, 6.07) is 2.63. The van der Waals surface area contributed by atoms with E-state index in [-0.39, 0.29) is 6.04 Å². The van der Waals surface area contributed by atoms with E-state index < -0.39 is 0 Å². The molecule has 0 aromatic carbocycles. The Labute approximate surface area is 158 Å². The van der Waals surface area contributed by atoms with E-state index in [1.807, 2.05) is 17.9 Å². The molecule has 2 saturated heterocycles. The van der Waals surface area contributed by atoms with Gasteiger partial charge >= 0.3 is 0 Å². The van der Waals surface area contributed by atoms with E-state index >= 15 is 0 Å². The number of piperazine rings is 1. The molecule has 3 atom stereocenters. The first kappa shape index (κ1) is 16.9. The van der Waals surface area contributed by atoms with Gasteiger partial charge in [-0.25, -0.2) is 4.98 Å². The molecule has 0 spiro atoms. The van der Waals surface area contributed by atoms with Crippen LogP contribution < -0.4 is 10.2 Å². The van der Waals surface area contributed by atoms with Crippen LogP contribution in [0.15, 0.2) is 12.4 Å². The van der Waals surface area contributed by atoms with Crippen molar-refractivity contribution in [1.82, 2.24) is 29.8 Å². The van der Waals surface area contributed by atoms with Gasteiger partial charge in [-0.2, -0.15) is 14.6 Å². The highest BCUT2D eigenvalue weighted by molar-refractivity contribution is 5.82. The van der Waals surface area contributed by atoms with E-state index in [1.54, 1.807) is 4.52 Å². The van der Waals surface area contributed by atoms with Crippen molar-refractivity contribution in [2.24, 2.45) is 5.92 Å².